The second-order valence-electron chi connectivity index (χ2n) is 4.54. The van der Waals surface area contributed by atoms with Gasteiger partial charge >= 0.3 is 0 Å². The van der Waals surface area contributed by atoms with Crippen molar-refractivity contribution in [1.82, 2.24) is 0 Å². The zero-order chi connectivity index (χ0) is 12.5. The van der Waals surface area contributed by atoms with Crippen LogP contribution in [0.25, 0.3) is 0 Å². The fourth-order valence-corrected chi connectivity index (χ4v) is 4.67. The number of nitriles is 1. The molecule has 0 N–H and O–H groups in total. The zero-order valence-corrected chi connectivity index (χ0v) is 11.6. The van der Waals surface area contributed by atoms with Crippen LogP contribution in [0.15, 0.2) is 28.7 Å². The van der Waals surface area contributed by atoms with E-state index in [9.17, 15) is 13.7 Å². The minimum Gasteiger partial charge on any atom is -0.229 e. The van der Waals surface area contributed by atoms with Crippen LogP contribution >= 0.6 is 15.9 Å². The Morgan fingerprint density at radius 3 is 2.76 bits per heavy atom. The van der Waals surface area contributed by atoms with E-state index in [0.29, 0.717) is 12.8 Å². The summed E-state index contributed by atoms with van der Waals surface area (Å²) in [6.07, 6.45) is 0.945. The average molecular weight is 314 g/mol. The molecule has 0 radical (unpaired) electrons. The van der Waals surface area contributed by atoms with Gasteiger partial charge in [-0.3, -0.25) is 0 Å². The molecule has 0 amide bonds. The maximum Gasteiger partial charge on any atom is 0.151 e. The molecule has 17 heavy (non-hydrogen) atoms. The third-order valence-corrected chi connectivity index (χ3v) is 5.37. The van der Waals surface area contributed by atoms with E-state index in [-0.39, 0.29) is 11.5 Å². The van der Waals surface area contributed by atoms with Crippen LogP contribution in [0, 0.1) is 16.7 Å². The number of sulfone groups is 1. The van der Waals surface area contributed by atoms with Crippen molar-refractivity contribution in [2.24, 2.45) is 5.41 Å². The fraction of sp³-hybridized carbons (Fsp3) is 0.417. The number of nitrogens with zero attached hydrogens (tertiary/aromatic N) is 1. The standard InChI is InChI=1S/C12H12BrNO2S/c13-11-3-1-2-10(6-11)7-12(8-14)4-5-17(15,16)9-12/h1-3,6H,4-5,7,9H2. The SMILES string of the molecule is N#CC1(Cc2cccc(Br)c2)CCS(=O)(=O)C1. The molecule has 1 aromatic rings. The summed E-state index contributed by atoms with van der Waals surface area (Å²) in [6.45, 7) is 0. The summed E-state index contributed by atoms with van der Waals surface area (Å²) in [5.74, 6) is 0.123. The molecule has 0 bridgehead atoms. The molecule has 1 heterocycles. The first-order valence-corrected chi connectivity index (χ1v) is 7.92. The molecule has 90 valence electrons. The third-order valence-electron chi connectivity index (χ3n) is 3.06. The van der Waals surface area contributed by atoms with Crippen molar-refractivity contribution in [2.45, 2.75) is 12.8 Å². The molecule has 0 spiro atoms. The lowest BCUT2D eigenvalue weighted by Gasteiger charge is -2.18. The van der Waals surface area contributed by atoms with Crippen molar-refractivity contribution in [1.29, 1.82) is 5.26 Å². The van der Waals surface area contributed by atoms with E-state index < -0.39 is 15.3 Å². The molecular formula is C12H12BrNO2S. The zero-order valence-electron chi connectivity index (χ0n) is 9.19. The highest BCUT2D eigenvalue weighted by Crippen LogP contribution is 2.35. The van der Waals surface area contributed by atoms with Crippen molar-refractivity contribution in [3.05, 3.63) is 34.3 Å². The van der Waals surface area contributed by atoms with E-state index in [1.165, 1.54) is 0 Å². The Kier molecular flexibility index (Phi) is 3.28. The van der Waals surface area contributed by atoms with Gasteiger partial charge < -0.3 is 0 Å². The summed E-state index contributed by atoms with van der Waals surface area (Å²) >= 11 is 3.37. The molecule has 1 unspecified atom stereocenters. The number of hydrogen-bond acceptors (Lipinski definition) is 3. The Labute approximate surface area is 110 Å². The molecule has 0 aromatic heterocycles. The predicted molar refractivity (Wildman–Crippen MR) is 69.2 cm³/mol. The van der Waals surface area contributed by atoms with Crippen molar-refractivity contribution in [3.8, 4) is 6.07 Å². The summed E-state index contributed by atoms with van der Waals surface area (Å²) in [6, 6.07) is 9.87. The largest absolute Gasteiger partial charge is 0.229 e. The lowest BCUT2D eigenvalue weighted by Crippen LogP contribution is -2.23. The molecule has 0 saturated carbocycles. The van der Waals surface area contributed by atoms with Gasteiger partial charge in [0.15, 0.2) is 9.84 Å². The highest BCUT2D eigenvalue weighted by molar-refractivity contribution is 9.10. The minimum atomic E-state index is -3.03. The monoisotopic (exact) mass is 313 g/mol. The van der Waals surface area contributed by atoms with E-state index in [1.807, 2.05) is 24.3 Å². The van der Waals surface area contributed by atoms with Gasteiger partial charge in [0.05, 0.1) is 23.0 Å². The van der Waals surface area contributed by atoms with Gasteiger partial charge in [-0.05, 0) is 30.5 Å². The molecule has 1 aliphatic rings. The maximum atomic E-state index is 11.5. The summed E-state index contributed by atoms with van der Waals surface area (Å²) in [4.78, 5) is 0. The van der Waals surface area contributed by atoms with Gasteiger partial charge in [-0.25, -0.2) is 8.42 Å². The van der Waals surface area contributed by atoms with Crippen LogP contribution in [0.3, 0.4) is 0 Å². The van der Waals surface area contributed by atoms with Crippen LogP contribution < -0.4 is 0 Å². The van der Waals surface area contributed by atoms with Crippen LogP contribution in [0.1, 0.15) is 12.0 Å². The minimum absolute atomic E-state index is 0.0109. The third kappa shape index (κ3) is 2.88. The Bertz CT molecular complexity index is 576. The fourth-order valence-electron chi connectivity index (χ4n) is 2.22. The van der Waals surface area contributed by atoms with E-state index in [4.69, 9.17) is 0 Å². The Morgan fingerprint density at radius 2 is 2.24 bits per heavy atom. The van der Waals surface area contributed by atoms with E-state index in [2.05, 4.69) is 22.0 Å². The second kappa shape index (κ2) is 4.43. The number of rotatable bonds is 2. The van der Waals surface area contributed by atoms with Crippen molar-refractivity contribution < 1.29 is 8.42 Å². The predicted octanol–water partition coefficient (Wildman–Crippen LogP) is 2.32. The molecule has 1 atom stereocenters. The first-order valence-electron chi connectivity index (χ1n) is 5.31. The topological polar surface area (TPSA) is 57.9 Å². The molecule has 1 saturated heterocycles. The first-order chi connectivity index (χ1) is 7.95. The second-order valence-corrected chi connectivity index (χ2v) is 7.64. The molecule has 3 nitrogen and oxygen atoms in total. The summed E-state index contributed by atoms with van der Waals surface area (Å²) < 4.78 is 24.0. The van der Waals surface area contributed by atoms with Crippen LogP contribution in [0.2, 0.25) is 0 Å². The summed E-state index contributed by atoms with van der Waals surface area (Å²) in [5, 5.41) is 9.25. The molecular weight excluding hydrogens is 302 g/mol. The Balaban J connectivity index is 2.26. The van der Waals surface area contributed by atoms with Crippen LogP contribution in [0.4, 0.5) is 0 Å². The molecule has 0 aliphatic carbocycles. The lowest BCUT2D eigenvalue weighted by atomic mass is 9.83. The van der Waals surface area contributed by atoms with E-state index in [0.717, 1.165) is 10.0 Å². The van der Waals surface area contributed by atoms with Crippen LogP contribution in [-0.4, -0.2) is 19.9 Å². The van der Waals surface area contributed by atoms with Gasteiger partial charge in [-0.2, -0.15) is 5.26 Å². The summed E-state index contributed by atoms with van der Waals surface area (Å²) in [5.41, 5.74) is 0.262. The van der Waals surface area contributed by atoms with Gasteiger partial charge in [0.25, 0.3) is 0 Å². The van der Waals surface area contributed by atoms with Crippen molar-refractivity contribution >= 4 is 25.8 Å². The highest BCUT2D eigenvalue weighted by atomic mass is 79.9. The molecule has 5 heteroatoms. The van der Waals surface area contributed by atoms with Gasteiger partial charge in [-0.15, -0.1) is 0 Å². The first kappa shape index (κ1) is 12.6. The molecule has 1 aliphatic heterocycles. The summed E-state index contributed by atoms with van der Waals surface area (Å²) in [7, 11) is -3.03. The molecule has 1 aromatic carbocycles. The number of hydrogen-bond donors (Lipinski definition) is 0. The van der Waals surface area contributed by atoms with Gasteiger partial charge in [0.1, 0.15) is 0 Å². The Morgan fingerprint density at radius 1 is 1.47 bits per heavy atom. The van der Waals surface area contributed by atoms with Crippen LogP contribution in [0.5, 0.6) is 0 Å². The molecule has 2 rings (SSSR count). The van der Waals surface area contributed by atoms with Crippen molar-refractivity contribution in [2.75, 3.05) is 11.5 Å². The maximum absolute atomic E-state index is 11.5. The highest BCUT2D eigenvalue weighted by Gasteiger charge is 2.42. The average Bonchev–Trinajstić information content (AvgIpc) is 2.55. The molecule has 1 fully saturated rings. The van der Waals surface area contributed by atoms with Crippen LogP contribution in [-0.2, 0) is 16.3 Å². The van der Waals surface area contributed by atoms with Gasteiger partial charge in [0.2, 0.25) is 0 Å². The Hall–Kier alpha value is -0.860. The van der Waals surface area contributed by atoms with Crippen molar-refractivity contribution in [3.63, 3.8) is 0 Å². The number of benzene rings is 1. The number of halogens is 1. The van der Waals surface area contributed by atoms with Gasteiger partial charge in [0, 0.05) is 4.47 Å². The smallest absolute Gasteiger partial charge is 0.151 e. The van der Waals surface area contributed by atoms with Gasteiger partial charge in [-0.1, -0.05) is 28.1 Å². The van der Waals surface area contributed by atoms with E-state index >= 15 is 0 Å². The quantitative estimate of drug-likeness (QED) is 0.842. The normalized spacial score (nSPS) is 26.6. The lowest BCUT2D eigenvalue weighted by molar-refractivity contribution is 0.451. The van der Waals surface area contributed by atoms with E-state index in [1.54, 1.807) is 0 Å².